The molecule has 36 heavy (non-hydrogen) atoms. The smallest absolute Gasteiger partial charge is 0.295 e. The molecule has 3 aromatic carbocycles. The molecule has 1 aliphatic heterocycles. The highest BCUT2D eigenvalue weighted by molar-refractivity contribution is 6.46. The second kappa shape index (κ2) is 10.6. The van der Waals surface area contributed by atoms with Crippen LogP contribution in [-0.2, 0) is 16.1 Å². The van der Waals surface area contributed by atoms with Gasteiger partial charge in [0.15, 0.2) is 0 Å². The molecule has 1 fully saturated rings. The molecule has 0 bridgehead atoms. The van der Waals surface area contributed by atoms with Gasteiger partial charge in [-0.3, -0.25) is 9.59 Å². The Bertz CT molecular complexity index is 1280. The van der Waals surface area contributed by atoms with Crippen molar-refractivity contribution in [3.05, 3.63) is 95.1 Å². The SMILES string of the molecule is CCOc1ccc(CN2C(=O)C(=O)/C(=C(\O)c3cccc(OC)c3)C2c2ccc(N(C)C)cc2)cc1. The fraction of sp³-hybridized carbons (Fsp3) is 0.241. The van der Waals surface area contributed by atoms with Crippen molar-refractivity contribution in [3.8, 4) is 11.5 Å². The van der Waals surface area contributed by atoms with Gasteiger partial charge in [0.2, 0.25) is 0 Å². The molecule has 0 aromatic heterocycles. The highest BCUT2D eigenvalue weighted by atomic mass is 16.5. The zero-order chi connectivity index (χ0) is 25.8. The zero-order valence-electron chi connectivity index (χ0n) is 20.9. The molecule has 0 aliphatic carbocycles. The average Bonchev–Trinajstić information content (AvgIpc) is 3.14. The first-order valence-electron chi connectivity index (χ1n) is 11.8. The van der Waals surface area contributed by atoms with Gasteiger partial charge < -0.3 is 24.4 Å². The Balaban J connectivity index is 1.80. The third-order valence-corrected chi connectivity index (χ3v) is 6.20. The molecule has 0 saturated carbocycles. The summed E-state index contributed by atoms with van der Waals surface area (Å²) in [6.07, 6.45) is 0. The van der Waals surface area contributed by atoms with E-state index in [-0.39, 0.29) is 17.9 Å². The number of ether oxygens (including phenoxy) is 2. The van der Waals surface area contributed by atoms with Crippen molar-refractivity contribution in [2.24, 2.45) is 0 Å². The number of Topliss-reactive ketones (excluding diaryl/α,β-unsaturated/α-hetero) is 1. The number of aliphatic hydroxyl groups excluding tert-OH is 1. The predicted octanol–water partition coefficient (Wildman–Crippen LogP) is 4.78. The van der Waals surface area contributed by atoms with Gasteiger partial charge in [-0.15, -0.1) is 0 Å². The molecule has 0 spiro atoms. The third-order valence-electron chi connectivity index (χ3n) is 6.20. The molecule has 186 valence electrons. The van der Waals surface area contributed by atoms with Gasteiger partial charge in [0.05, 0.1) is 25.3 Å². The Kier molecular flexibility index (Phi) is 7.29. The van der Waals surface area contributed by atoms with Crippen molar-refractivity contribution in [1.29, 1.82) is 0 Å². The van der Waals surface area contributed by atoms with E-state index in [4.69, 9.17) is 9.47 Å². The maximum atomic E-state index is 13.3. The molecular weight excluding hydrogens is 456 g/mol. The first-order chi connectivity index (χ1) is 17.3. The fourth-order valence-electron chi connectivity index (χ4n) is 4.32. The van der Waals surface area contributed by atoms with Gasteiger partial charge in [-0.1, -0.05) is 36.4 Å². The number of hydrogen-bond acceptors (Lipinski definition) is 6. The van der Waals surface area contributed by atoms with Crippen LogP contribution in [0, 0.1) is 0 Å². The maximum Gasteiger partial charge on any atom is 0.295 e. The summed E-state index contributed by atoms with van der Waals surface area (Å²) in [4.78, 5) is 30.1. The van der Waals surface area contributed by atoms with E-state index in [1.807, 2.05) is 74.4 Å². The molecule has 3 aromatic rings. The molecule has 1 atom stereocenters. The number of methoxy groups -OCH3 is 1. The minimum absolute atomic E-state index is 0.0526. The number of likely N-dealkylation sites (tertiary alicyclic amines) is 1. The molecule has 7 nitrogen and oxygen atoms in total. The van der Waals surface area contributed by atoms with Crippen LogP contribution in [0.5, 0.6) is 11.5 Å². The molecule has 1 unspecified atom stereocenters. The van der Waals surface area contributed by atoms with E-state index >= 15 is 0 Å². The van der Waals surface area contributed by atoms with Gasteiger partial charge in [-0.25, -0.2) is 0 Å². The van der Waals surface area contributed by atoms with Gasteiger partial charge in [0, 0.05) is 31.9 Å². The summed E-state index contributed by atoms with van der Waals surface area (Å²) < 4.78 is 10.8. The lowest BCUT2D eigenvalue weighted by atomic mass is 9.95. The molecule has 1 aliphatic rings. The van der Waals surface area contributed by atoms with E-state index in [1.54, 1.807) is 24.3 Å². The number of ketones is 1. The quantitative estimate of drug-likeness (QED) is 0.280. The lowest BCUT2D eigenvalue weighted by Crippen LogP contribution is -2.29. The summed E-state index contributed by atoms with van der Waals surface area (Å²) in [6, 6.07) is 21.1. The lowest BCUT2D eigenvalue weighted by Gasteiger charge is -2.26. The zero-order valence-corrected chi connectivity index (χ0v) is 20.9. The second-order valence-corrected chi connectivity index (χ2v) is 8.72. The number of hydrogen-bond donors (Lipinski definition) is 1. The van der Waals surface area contributed by atoms with Crippen molar-refractivity contribution in [3.63, 3.8) is 0 Å². The van der Waals surface area contributed by atoms with Crippen molar-refractivity contribution in [2.75, 3.05) is 32.7 Å². The number of aliphatic hydroxyl groups is 1. The van der Waals surface area contributed by atoms with Gasteiger partial charge in [0.25, 0.3) is 11.7 Å². The first-order valence-corrected chi connectivity index (χ1v) is 11.8. The summed E-state index contributed by atoms with van der Waals surface area (Å²) in [7, 11) is 5.41. The average molecular weight is 487 g/mol. The summed E-state index contributed by atoms with van der Waals surface area (Å²) in [5.41, 5.74) is 3.02. The van der Waals surface area contributed by atoms with Crippen molar-refractivity contribution in [2.45, 2.75) is 19.5 Å². The van der Waals surface area contributed by atoms with Crippen LogP contribution < -0.4 is 14.4 Å². The van der Waals surface area contributed by atoms with Crippen LogP contribution in [0.4, 0.5) is 5.69 Å². The number of carbonyl (C=O) groups excluding carboxylic acids is 2. The van der Waals surface area contributed by atoms with E-state index < -0.39 is 17.7 Å². The van der Waals surface area contributed by atoms with Crippen LogP contribution in [0.25, 0.3) is 5.76 Å². The van der Waals surface area contributed by atoms with Crippen LogP contribution in [-0.4, -0.2) is 49.5 Å². The third kappa shape index (κ3) is 4.91. The molecule has 7 heteroatoms. The summed E-state index contributed by atoms with van der Waals surface area (Å²) in [5, 5.41) is 11.3. The normalized spacial score (nSPS) is 16.8. The highest BCUT2D eigenvalue weighted by Crippen LogP contribution is 2.41. The van der Waals surface area contributed by atoms with Crippen molar-refractivity contribution < 1.29 is 24.2 Å². The molecule has 1 N–H and O–H groups in total. The molecule has 1 amide bonds. The van der Waals surface area contributed by atoms with Gasteiger partial charge in [-0.2, -0.15) is 0 Å². The summed E-state index contributed by atoms with van der Waals surface area (Å²) in [6.45, 7) is 2.67. The van der Waals surface area contributed by atoms with Crippen molar-refractivity contribution >= 4 is 23.1 Å². The van der Waals surface area contributed by atoms with Gasteiger partial charge >= 0.3 is 0 Å². The number of anilines is 1. The summed E-state index contributed by atoms with van der Waals surface area (Å²) in [5.74, 6) is -0.340. The number of nitrogens with zero attached hydrogens (tertiary/aromatic N) is 2. The Labute approximate surface area is 211 Å². The van der Waals surface area contributed by atoms with Crippen molar-refractivity contribution in [1.82, 2.24) is 4.90 Å². The number of rotatable bonds is 8. The van der Waals surface area contributed by atoms with Crippen LogP contribution in [0.2, 0.25) is 0 Å². The van der Waals surface area contributed by atoms with Crippen LogP contribution >= 0.6 is 0 Å². The minimum atomic E-state index is -0.751. The maximum absolute atomic E-state index is 13.3. The molecule has 0 radical (unpaired) electrons. The predicted molar refractivity (Wildman–Crippen MR) is 139 cm³/mol. The molecule has 1 heterocycles. The standard InChI is InChI=1S/C29H30N2O5/c1-5-36-23-15-9-19(10-16-23)18-31-26(20-11-13-22(14-12-20)30(2)3)25(28(33)29(31)34)27(32)21-7-6-8-24(17-21)35-4/h6-17,26,32H,5,18H2,1-4H3/b27-25-. The van der Waals surface area contributed by atoms with Gasteiger partial charge in [-0.05, 0) is 54.4 Å². The van der Waals surface area contributed by atoms with Crippen LogP contribution in [0.1, 0.15) is 29.7 Å². The Morgan fingerprint density at radius 1 is 0.972 bits per heavy atom. The Hall–Kier alpha value is -4.26. The van der Waals surface area contributed by atoms with E-state index in [0.29, 0.717) is 17.9 Å². The number of benzene rings is 3. The molecule has 4 rings (SSSR count). The largest absolute Gasteiger partial charge is 0.507 e. The van der Waals surface area contributed by atoms with Crippen LogP contribution in [0.3, 0.4) is 0 Å². The van der Waals surface area contributed by atoms with E-state index in [0.717, 1.165) is 22.6 Å². The van der Waals surface area contributed by atoms with Gasteiger partial charge in [0.1, 0.15) is 17.3 Å². The van der Waals surface area contributed by atoms with E-state index in [1.165, 1.54) is 12.0 Å². The van der Waals surface area contributed by atoms with E-state index in [2.05, 4.69) is 0 Å². The topological polar surface area (TPSA) is 79.3 Å². The molecule has 1 saturated heterocycles. The second-order valence-electron chi connectivity index (χ2n) is 8.72. The molecular formula is C29H30N2O5. The van der Waals surface area contributed by atoms with E-state index in [9.17, 15) is 14.7 Å². The highest BCUT2D eigenvalue weighted by Gasteiger charge is 2.46. The lowest BCUT2D eigenvalue weighted by molar-refractivity contribution is -0.140. The summed E-state index contributed by atoms with van der Waals surface area (Å²) >= 11 is 0. The Morgan fingerprint density at radius 2 is 1.67 bits per heavy atom. The first kappa shape index (κ1) is 24.9. The number of carbonyl (C=O) groups is 2. The minimum Gasteiger partial charge on any atom is -0.507 e. The monoisotopic (exact) mass is 486 g/mol. The fourth-order valence-corrected chi connectivity index (χ4v) is 4.32. The number of amides is 1. The Morgan fingerprint density at radius 3 is 2.28 bits per heavy atom. The van der Waals surface area contributed by atoms with Crippen LogP contribution in [0.15, 0.2) is 78.4 Å².